The molecule has 0 fully saturated rings. The predicted octanol–water partition coefficient (Wildman–Crippen LogP) is 2.24. The zero-order chi connectivity index (χ0) is 11.7. The minimum atomic E-state index is -0.828. The van der Waals surface area contributed by atoms with Gasteiger partial charge in [0.2, 0.25) is 0 Å². The van der Waals surface area contributed by atoms with E-state index in [0.29, 0.717) is 5.56 Å². The number of aromatic nitrogens is 2. The van der Waals surface area contributed by atoms with Crippen LogP contribution in [0.25, 0.3) is 11.5 Å². The molecule has 0 spiro atoms. The van der Waals surface area contributed by atoms with Gasteiger partial charge in [-0.2, -0.15) is 4.98 Å². The number of benzene rings is 1. The second-order valence-electron chi connectivity index (χ2n) is 3.57. The van der Waals surface area contributed by atoms with Crippen molar-refractivity contribution in [1.29, 1.82) is 0 Å². The Morgan fingerprint density at radius 2 is 2.19 bits per heavy atom. The molecule has 4 nitrogen and oxygen atoms in total. The Bertz CT molecular complexity index is 508. The highest BCUT2D eigenvalue weighted by atomic mass is 19.1. The van der Waals surface area contributed by atoms with E-state index in [1.807, 2.05) is 0 Å². The van der Waals surface area contributed by atoms with Crippen LogP contribution in [0.2, 0.25) is 0 Å². The Balaban J connectivity index is 2.47. The highest BCUT2D eigenvalue weighted by Gasteiger charge is 2.16. The lowest BCUT2D eigenvalue weighted by atomic mass is 10.1. The van der Waals surface area contributed by atoms with Crippen molar-refractivity contribution in [1.82, 2.24) is 10.1 Å². The number of aryl methyl sites for hydroxylation is 1. The van der Waals surface area contributed by atoms with Crippen LogP contribution in [0.5, 0.6) is 0 Å². The Kier molecular flexibility index (Phi) is 2.70. The maximum absolute atomic E-state index is 13.7. The van der Waals surface area contributed by atoms with Crippen molar-refractivity contribution >= 4 is 0 Å². The molecule has 84 valence electrons. The van der Waals surface area contributed by atoms with E-state index < -0.39 is 6.10 Å². The van der Waals surface area contributed by atoms with E-state index in [4.69, 9.17) is 4.52 Å². The standard InChI is InChI=1S/C11H11FN2O2/c1-6-4-3-5-8(9(6)12)11-13-10(7(2)15)14-16-11/h3-5,7,15H,1-2H3. The Morgan fingerprint density at radius 3 is 2.81 bits per heavy atom. The summed E-state index contributed by atoms with van der Waals surface area (Å²) in [5.41, 5.74) is 0.758. The average molecular weight is 222 g/mol. The van der Waals surface area contributed by atoms with Gasteiger partial charge in [-0.05, 0) is 25.5 Å². The lowest BCUT2D eigenvalue weighted by Gasteiger charge is -1.99. The van der Waals surface area contributed by atoms with Gasteiger partial charge in [0.05, 0.1) is 5.56 Å². The highest BCUT2D eigenvalue weighted by molar-refractivity contribution is 5.55. The highest BCUT2D eigenvalue weighted by Crippen LogP contribution is 2.24. The van der Waals surface area contributed by atoms with Crippen molar-refractivity contribution in [2.45, 2.75) is 20.0 Å². The fraction of sp³-hybridized carbons (Fsp3) is 0.273. The number of hydrogen-bond acceptors (Lipinski definition) is 4. The summed E-state index contributed by atoms with van der Waals surface area (Å²) in [6.45, 7) is 3.17. The minimum Gasteiger partial charge on any atom is -0.385 e. The van der Waals surface area contributed by atoms with Crippen LogP contribution < -0.4 is 0 Å². The number of aliphatic hydroxyl groups is 1. The number of nitrogens with zero attached hydrogens (tertiary/aromatic N) is 2. The summed E-state index contributed by atoms with van der Waals surface area (Å²) in [7, 11) is 0. The average Bonchev–Trinajstić information content (AvgIpc) is 2.71. The minimum absolute atomic E-state index is 0.0806. The van der Waals surface area contributed by atoms with Crippen LogP contribution in [0.15, 0.2) is 22.7 Å². The van der Waals surface area contributed by atoms with E-state index in [9.17, 15) is 9.50 Å². The maximum atomic E-state index is 13.7. The van der Waals surface area contributed by atoms with Crippen LogP contribution in [0, 0.1) is 12.7 Å². The second-order valence-corrected chi connectivity index (χ2v) is 3.57. The molecule has 1 aromatic heterocycles. The van der Waals surface area contributed by atoms with Crippen LogP contribution in [-0.2, 0) is 0 Å². The number of rotatable bonds is 2. The Hall–Kier alpha value is -1.75. The number of halogens is 1. The third-order valence-electron chi connectivity index (χ3n) is 2.24. The van der Waals surface area contributed by atoms with Crippen molar-refractivity contribution < 1.29 is 14.0 Å². The molecule has 0 saturated heterocycles. The molecule has 0 aliphatic rings. The summed E-state index contributed by atoms with van der Waals surface area (Å²) in [6.07, 6.45) is -0.828. The summed E-state index contributed by atoms with van der Waals surface area (Å²) in [4.78, 5) is 3.91. The summed E-state index contributed by atoms with van der Waals surface area (Å²) in [5.74, 6) is -0.156. The molecule has 16 heavy (non-hydrogen) atoms. The SMILES string of the molecule is Cc1cccc(-c2nc(C(C)O)no2)c1F. The van der Waals surface area contributed by atoms with Crippen molar-refractivity contribution in [3.8, 4) is 11.5 Å². The predicted molar refractivity (Wildman–Crippen MR) is 55.1 cm³/mol. The van der Waals surface area contributed by atoms with Crippen molar-refractivity contribution in [2.24, 2.45) is 0 Å². The van der Waals surface area contributed by atoms with E-state index in [0.717, 1.165) is 0 Å². The topological polar surface area (TPSA) is 59.2 Å². The van der Waals surface area contributed by atoms with Crippen LogP contribution in [-0.4, -0.2) is 15.2 Å². The molecule has 0 bridgehead atoms. The molecule has 0 aliphatic carbocycles. The normalized spacial score (nSPS) is 12.8. The van der Waals surface area contributed by atoms with Gasteiger partial charge in [-0.1, -0.05) is 17.3 Å². The molecule has 0 aliphatic heterocycles. The van der Waals surface area contributed by atoms with Gasteiger partial charge >= 0.3 is 0 Å². The van der Waals surface area contributed by atoms with Crippen LogP contribution in [0.3, 0.4) is 0 Å². The molecule has 0 amide bonds. The molecule has 1 aromatic carbocycles. The Labute approximate surface area is 91.7 Å². The van der Waals surface area contributed by atoms with Gasteiger partial charge in [-0.15, -0.1) is 0 Å². The lowest BCUT2D eigenvalue weighted by molar-refractivity contribution is 0.184. The van der Waals surface area contributed by atoms with Gasteiger partial charge in [-0.3, -0.25) is 0 Å². The van der Waals surface area contributed by atoms with E-state index in [1.165, 1.54) is 6.92 Å². The van der Waals surface area contributed by atoms with Gasteiger partial charge in [0, 0.05) is 0 Å². The van der Waals surface area contributed by atoms with Crippen molar-refractivity contribution in [2.75, 3.05) is 0 Å². The molecule has 1 atom stereocenters. The first-order valence-corrected chi connectivity index (χ1v) is 4.86. The second kappa shape index (κ2) is 4.02. The molecule has 1 N–H and O–H groups in total. The largest absolute Gasteiger partial charge is 0.385 e. The van der Waals surface area contributed by atoms with Crippen LogP contribution >= 0.6 is 0 Å². The molecule has 0 saturated carbocycles. The smallest absolute Gasteiger partial charge is 0.261 e. The summed E-state index contributed by atoms with van der Waals surface area (Å²) in [5, 5.41) is 12.8. The lowest BCUT2D eigenvalue weighted by Crippen LogP contribution is -1.93. The summed E-state index contributed by atoms with van der Waals surface area (Å²) < 4.78 is 18.6. The fourth-order valence-corrected chi connectivity index (χ4v) is 1.33. The molecule has 1 unspecified atom stereocenters. The molecular weight excluding hydrogens is 211 g/mol. The molecule has 2 aromatic rings. The van der Waals surface area contributed by atoms with Crippen LogP contribution in [0.1, 0.15) is 24.4 Å². The first kappa shape index (κ1) is 10.8. The van der Waals surface area contributed by atoms with E-state index in [1.54, 1.807) is 25.1 Å². The molecule has 0 radical (unpaired) electrons. The van der Waals surface area contributed by atoms with Gasteiger partial charge in [0.25, 0.3) is 5.89 Å². The number of hydrogen-bond donors (Lipinski definition) is 1. The first-order valence-electron chi connectivity index (χ1n) is 4.86. The van der Waals surface area contributed by atoms with Gasteiger partial charge in [0.15, 0.2) is 5.82 Å². The third-order valence-corrected chi connectivity index (χ3v) is 2.24. The van der Waals surface area contributed by atoms with E-state index in [-0.39, 0.29) is 23.1 Å². The fourth-order valence-electron chi connectivity index (χ4n) is 1.33. The van der Waals surface area contributed by atoms with Gasteiger partial charge in [0.1, 0.15) is 11.9 Å². The zero-order valence-corrected chi connectivity index (χ0v) is 8.94. The number of aliphatic hydroxyl groups excluding tert-OH is 1. The van der Waals surface area contributed by atoms with Crippen molar-refractivity contribution in [3.05, 3.63) is 35.4 Å². The molecule has 1 heterocycles. The summed E-state index contributed by atoms with van der Waals surface area (Å²) in [6, 6.07) is 4.92. The molecule has 5 heteroatoms. The summed E-state index contributed by atoms with van der Waals surface area (Å²) >= 11 is 0. The van der Waals surface area contributed by atoms with E-state index in [2.05, 4.69) is 10.1 Å². The van der Waals surface area contributed by atoms with Crippen molar-refractivity contribution in [3.63, 3.8) is 0 Å². The van der Waals surface area contributed by atoms with Gasteiger partial charge < -0.3 is 9.63 Å². The van der Waals surface area contributed by atoms with Gasteiger partial charge in [-0.25, -0.2) is 4.39 Å². The van der Waals surface area contributed by atoms with E-state index >= 15 is 0 Å². The maximum Gasteiger partial charge on any atom is 0.261 e. The third kappa shape index (κ3) is 1.81. The molecule has 2 rings (SSSR count). The monoisotopic (exact) mass is 222 g/mol. The quantitative estimate of drug-likeness (QED) is 0.846. The van der Waals surface area contributed by atoms with Crippen LogP contribution in [0.4, 0.5) is 4.39 Å². The Morgan fingerprint density at radius 1 is 1.44 bits per heavy atom. The first-order chi connectivity index (χ1) is 7.59. The zero-order valence-electron chi connectivity index (χ0n) is 8.94. The molecular formula is C11H11FN2O2.